The van der Waals surface area contributed by atoms with Gasteiger partial charge in [-0.2, -0.15) is 0 Å². The smallest absolute Gasteiger partial charge is 0.139 e. The molecule has 0 bridgehead atoms. The highest BCUT2D eigenvalue weighted by molar-refractivity contribution is 5.76. The maximum Gasteiger partial charge on any atom is 0.139 e. The van der Waals surface area contributed by atoms with Crippen LogP contribution < -0.4 is 0 Å². The first-order valence-electron chi connectivity index (χ1n) is 6.07. The predicted octanol–water partition coefficient (Wildman–Crippen LogP) is 1.82. The lowest BCUT2D eigenvalue weighted by Gasteiger charge is -2.22. The molecule has 0 aliphatic heterocycles. The van der Waals surface area contributed by atoms with Gasteiger partial charge in [-0.3, -0.25) is 0 Å². The number of nitrogens with zero attached hydrogens (tertiary/aromatic N) is 3. The standard InChI is InChI=1S/C13H19N3O2/c1-13(2,17)7-8-16(3)9-10-5-4-6-11-12(10)15-18-14-11/h4-6,17H,7-9H2,1-3H3. The molecule has 0 saturated heterocycles. The van der Waals surface area contributed by atoms with E-state index in [1.165, 1.54) is 0 Å². The van der Waals surface area contributed by atoms with E-state index in [-0.39, 0.29) is 0 Å². The van der Waals surface area contributed by atoms with E-state index in [4.69, 9.17) is 4.63 Å². The van der Waals surface area contributed by atoms with Crippen molar-refractivity contribution in [2.45, 2.75) is 32.4 Å². The van der Waals surface area contributed by atoms with Crippen LogP contribution in [0.25, 0.3) is 11.0 Å². The fraction of sp³-hybridized carbons (Fsp3) is 0.538. The van der Waals surface area contributed by atoms with Crippen LogP contribution in [0.5, 0.6) is 0 Å². The van der Waals surface area contributed by atoms with E-state index in [2.05, 4.69) is 15.2 Å². The molecule has 18 heavy (non-hydrogen) atoms. The molecule has 2 aromatic rings. The fourth-order valence-corrected chi connectivity index (χ4v) is 1.82. The Morgan fingerprint density at radius 2 is 2.11 bits per heavy atom. The highest BCUT2D eigenvalue weighted by Gasteiger charge is 2.14. The summed E-state index contributed by atoms with van der Waals surface area (Å²) in [7, 11) is 2.03. The zero-order valence-electron chi connectivity index (χ0n) is 11.1. The van der Waals surface area contributed by atoms with E-state index >= 15 is 0 Å². The molecular formula is C13H19N3O2. The largest absolute Gasteiger partial charge is 0.390 e. The molecule has 0 aliphatic rings. The maximum absolute atomic E-state index is 9.71. The first-order valence-corrected chi connectivity index (χ1v) is 6.07. The summed E-state index contributed by atoms with van der Waals surface area (Å²) in [4.78, 5) is 2.15. The van der Waals surface area contributed by atoms with Gasteiger partial charge in [-0.05, 0) is 49.3 Å². The van der Waals surface area contributed by atoms with Gasteiger partial charge in [0.1, 0.15) is 11.0 Å². The summed E-state index contributed by atoms with van der Waals surface area (Å²) in [5, 5.41) is 17.5. The van der Waals surface area contributed by atoms with Crippen LogP contribution in [0, 0.1) is 0 Å². The molecule has 1 aromatic heterocycles. The number of rotatable bonds is 5. The molecule has 5 nitrogen and oxygen atoms in total. The molecule has 0 fully saturated rings. The molecule has 5 heteroatoms. The molecule has 0 atom stereocenters. The van der Waals surface area contributed by atoms with Crippen molar-refractivity contribution in [2.24, 2.45) is 0 Å². The Morgan fingerprint density at radius 1 is 1.33 bits per heavy atom. The molecule has 0 aliphatic carbocycles. The predicted molar refractivity (Wildman–Crippen MR) is 69.1 cm³/mol. The lowest BCUT2D eigenvalue weighted by Crippen LogP contribution is -2.28. The van der Waals surface area contributed by atoms with Crippen LogP contribution in [-0.4, -0.2) is 39.5 Å². The number of fused-ring (bicyclic) bond motifs is 1. The summed E-state index contributed by atoms with van der Waals surface area (Å²) < 4.78 is 4.74. The summed E-state index contributed by atoms with van der Waals surface area (Å²) in [6.45, 7) is 5.24. The van der Waals surface area contributed by atoms with Crippen LogP contribution in [-0.2, 0) is 6.54 Å². The van der Waals surface area contributed by atoms with Gasteiger partial charge >= 0.3 is 0 Å². The molecule has 0 spiro atoms. The van der Waals surface area contributed by atoms with Crippen LogP contribution in [0.2, 0.25) is 0 Å². The Bertz CT molecular complexity index is 516. The van der Waals surface area contributed by atoms with E-state index < -0.39 is 5.60 Å². The van der Waals surface area contributed by atoms with Crippen molar-refractivity contribution >= 4 is 11.0 Å². The average Bonchev–Trinajstić information content (AvgIpc) is 2.74. The highest BCUT2D eigenvalue weighted by Crippen LogP contribution is 2.16. The van der Waals surface area contributed by atoms with Crippen molar-refractivity contribution in [3.8, 4) is 0 Å². The van der Waals surface area contributed by atoms with E-state index in [1.54, 1.807) is 0 Å². The van der Waals surface area contributed by atoms with Gasteiger partial charge in [0.2, 0.25) is 0 Å². The summed E-state index contributed by atoms with van der Waals surface area (Å²) in [5.41, 5.74) is 2.05. The minimum absolute atomic E-state index is 0.629. The molecule has 1 N–H and O–H groups in total. The lowest BCUT2D eigenvalue weighted by molar-refractivity contribution is 0.0600. The van der Waals surface area contributed by atoms with Gasteiger partial charge in [0.25, 0.3) is 0 Å². The third-order valence-electron chi connectivity index (χ3n) is 2.92. The molecule has 1 aromatic carbocycles. The van der Waals surface area contributed by atoms with Crippen molar-refractivity contribution in [3.63, 3.8) is 0 Å². The number of aromatic nitrogens is 2. The highest BCUT2D eigenvalue weighted by atomic mass is 16.6. The number of benzene rings is 1. The second-order valence-corrected chi connectivity index (χ2v) is 5.35. The zero-order valence-corrected chi connectivity index (χ0v) is 11.1. The molecule has 1 heterocycles. The summed E-state index contributed by atoms with van der Waals surface area (Å²) >= 11 is 0. The Labute approximate surface area is 106 Å². The van der Waals surface area contributed by atoms with Gasteiger partial charge in [-0.1, -0.05) is 12.1 Å². The second-order valence-electron chi connectivity index (χ2n) is 5.35. The van der Waals surface area contributed by atoms with E-state index in [0.29, 0.717) is 0 Å². The normalized spacial score (nSPS) is 12.5. The Balaban J connectivity index is 2.03. The van der Waals surface area contributed by atoms with Crippen molar-refractivity contribution < 1.29 is 9.74 Å². The zero-order chi connectivity index (χ0) is 13.2. The molecule has 0 saturated carbocycles. The topological polar surface area (TPSA) is 62.4 Å². The van der Waals surface area contributed by atoms with Crippen LogP contribution in [0.1, 0.15) is 25.8 Å². The van der Waals surface area contributed by atoms with Crippen molar-refractivity contribution in [2.75, 3.05) is 13.6 Å². The average molecular weight is 249 g/mol. The van der Waals surface area contributed by atoms with Crippen molar-refractivity contribution in [3.05, 3.63) is 23.8 Å². The third kappa shape index (κ3) is 3.27. The second kappa shape index (κ2) is 5.04. The van der Waals surface area contributed by atoms with Crippen LogP contribution >= 0.6 is 0 Å². The summed E-state index contributed by atoms with van der Waals surface area (Å²) in [6, 6.07) is 5.85. The monoisotopic (exact) mass is 249 g/mol. The number of hydrogen-bond donors (Lipinski definition) is 1. The SMILES string of the molecule is CN(CCC(C)(C)O)Cc1cccc2nonc12. The lowest BCUT2D eigenvalue weighted by atomic mass is 10.1. The van der Waals surface area contributed by atoms with E-state index in [1.807, 2.05) is 39.1 Å². The molecule has 0 amide bonds. The Hall–Kier alpha value is -1.46. The first kappa shape index (κ1) is 13.0. The quantitative estimate of drug-likeness (QED) is 0.875. The summed E-state index contributed by atoms with van der Waals surface area (Å²) in [5.74, 6) is 0. The molecule has 0 unspecified atom stereocenters. The van der Waals surface area contributed by atoms with Crippen molar-refractivity contribution in [1.82, 2.24) is 15.2 Å². The Kier molecular flexibility index (Phi) is 3.63. The molecule has 2 rings (SSSR count). The number of aliphatic hydroxyl groups is 1. The molecular weight excluding hydrogens is 230 g/mol. The first-order chi connectivity index (χ1) is 8.46. The molecule has 0 radical (unpaired) electrons. The Morgan fingerprint density at radius 3 is 2.83 bits per heavy atom. The van der Waals surface area contributed by atoms with Crippen LogP contribution in [0.3, 0.4) is 0 Å². The van der Waals surface area contributed by atoms with Gasteiger partial charge in [0.15, 0.2) is 0 Å². The van der Waals surface area contributed by atoms with Gasteiger partial charge in [0.05, 0.1) is 5.60 Å². The van der Waals surface area contributed by atoms with E-state index in [0.717, 1.165) is 36.1 Å². The third-order valence-corrected chi connectivity index (χ3v) is 2.92. The van der Waals surface area contributed by atoms with E-state index in [9.17, 15) is 5.11 Å². The molecule has 98 valence electrons. The minimum atomic E-state index is -0.629. The van der Waals surface area contributed by atoms with Gasteiger partial charge < -0.3 is 10.0 Å². The van der Waals surface area contributed by atoms with Crippen LogP contribution in [0.15, 0.2) is 22.8 Å². The van der Waals surface area contributed by atoms with Gasteiger partial charge in [-0.15, -0.1) is 0 Å². The van der Waals surface area contributed by atoms with Crippen molar-refractivity contribution in [1.29, 1.82) is 0 Å². The minimum Gasteiger partial charge on any atom is -0.390 e. The fourth-order valence-electron chi connectivity index (χ4n) is 1.82. The van der Waals surface area contributed by atoms with Gasteiger partial charge in [-0.25, -0.2) is 4.63 Å². The maximum atomic E-state index is 9.71. The summed E-state index contributed by atoms with van der Waals surface area (Å²) in [6.07, 6.45) is 0.733. The number of hydrogen-bond acceptors (Lipinski definition) is 5. The van der Waals surface area contributed by atoms with Crippen LogP contribution in [0.4, 0.5) is 0 Å². The van der Waals surface area contributed by atoms with Gasteiger partial charge in [0, 0.05) is 13.1 Å².